The van der Waals surface area contributed by atoms with Crippen molar-refractivity contribution in [1.82, 2.24) is 9.71 Å². The van der Waals surface area contributed by atoms with Crippen molar-refractivity contribution in [2.75, 3.05) is 6.61 Å². The number of carbonyl (C=O) groups excluding carboxylic acids is 1. The zero-order chi connectivity index (χ0) is 20.3. The van der Waals surface area contributed by atoms with E-state index in [0.29, 0.717) is 10.8 Å². The van der Waals surface area contributed by atoms with E-state index in [9.17, 15) is 13.2 Å². The number of rotatable bonds is 6. The fraction of sp³-hybridized carbons (Fsp3) is 0.200. The highest BCUT2D eigenvalue weighted by molar-refractivity contribution is 7.90. The van der Waals surface area contributed by atoms with E-state index in [2.05, 4.69) is 4.98 Å². The number of nitrogens with zero attached hydrogens (tertiary/aromatic N) is 1. The minimum atomic E-state index is -4.06. The number of aromatic nitrogens is 1. The van der Waals surface area contributed by atoms with Gasteiger partial charge in [-0.05, 0) is 31.9 Å². The molecule has 1 amide bonds. The quantitative estimate of drug-likeness (QED) is 0.663. The van der Waals surface area contributed by atoms with Crippen molar-refractivity contribution in [3.05, 3.63) is 64.5 Å². The van der Waals surface area contributed by atoms with Crippen molar-refractivity contribution >= 4 is 27.3 Å². The van der Waals surface area contributed by atoms with Crippen molar-refractivity contribution in [3.8, 4) is 16.3 Å². The third-order valence-corrected chi connectivity index (χ3v) is 6.28. The first kappa shape index (κ1) is 20.0. The van der Waals surface area contributed by atoms with Crippen LogP contribution < -0.4 is 9.46 Å². The van der Waals surface area contributed by atoms with Crippen LogP contribution in [0.5, 0.6) is 5.75 Å². The first-order valence-corrected chi connectivity index (χ1v) is 10.9. The van der Waals surface area contributed by atoms with Crippen LogP contribution in [0.3, 0.4) is 0 Å². The van der Waals surface area contributed by atoms with E-state index in [1.54, 1.807) is 0 Å². The summed E-state index contributed by atoms with van der Waals surface area (Å²) in [6.07, 6.45) is 0. The fourth-order valence-electron chi connectivity index (χ4n) is 2.86. The van der Waals surface area contributed by atoms with Gasteiger partial charge in [-0.15, -0.1) is 11.3 Å². The number of aryl methyl sites for hydroxylation is 3. The Morgan fingerprint density at radius 3 is 2.39 bits per heavy atom. The standard InChI is InChI=1S/C20H20N2O4S2/c1-13-9-14(2)19(15(3)10-13)26-11-17(23)22-28(24,25)18-12-27-20(21-18)16-7-5-4-6-8-16/h4-10,12H,11H2,1-3H3,(H,22,23). The number of benzene rings is 2. The maximum atomic E-state index is 12.4. The first-order valence-electron chi connectivity index (χ1n) is 8.53. The van der Waals surface area contributed by atoms with Gasteiger partial charge in [-0.3, -0.25) is 4.79 Å². The molecule has 0 unspecified atom stereocenters. The molecule has 8 heteroatoms. The zero-order valence-electron chi connectivity index (χ0n) is 15.7. The molecule has 1 N–H and O–H groups in total. The van der Waals surface area contributed by atoms with E-state index < -0.39 is 22.5 Å². The minimum Gasteiger partial charge on any atom is -0.483 e. The van der Waals surface area contributed by atoms with E-state index in [4.69, 9.17) is 4.74 Å². The summed E-state index contributed by atoms with van der Waals surface area (Å²) in [7, 11) is -4.06. The van der Waals surface area contributed by atoms with Gasteiger partial charge in [0.05, 0.1) is 0 Å². The molecule has 0 spiro atoms. The molecule has 0 saturated carbocycles. The SMILES string of the molecule is Cc1cc(C)c(OCC(=O)NS(=O)(=O)c2csc(-c3ccccc3)n2)c(C)c1. The predicted molar refractivity (Wildman–Crippen MR) is 109 cm³/mol. The third kappa shape index (κ3) is 4.58. The van der Waals surface area contributed by atoms with E-state index in [-0.39, 0.29) is 5.03 Å². The van der Waals surface area contributed by atoms with Gasteiger partial charge < -0.3 is 4.74 Å². The molecule has 0 atom stereocenters. The Kier molecular flexibility index (Phi) is 5.81. The van der Waals surface area contributed by atoms with Gasteiger partial charge in [0, 0.05) is 10.9 Å². The summed E-state index contributed by atoms with van der Waals surface area (Å²) in [6.45, 7) is 5.33. The second-order valence-electron chi connectivity index (χ2n) is 6.40. The van der Waals surface area contributed by atoms with Crippen LogP contribution in [0, 0.1) is 20.8 Å². The smallest absolute Gasteiger partial charge is 0.282 e. The van der Waals surface area contributed by atoms with Crippen molar-refractivity contribution in [2.45, 2.75) is 25.8 Å². The second-order valence-corrected chi connectivity index (χ2v) is 8.89. The number of hydrogen-bond donors (Lipinski definition) is 1. The van der Waals surface area contributed by atoms with Crippen LogP contribution in [0.1, 0.15) is 16.7 Å². The van der Waals surface area contributed by atoms with Crippen molar-refractivity contribution in [3.63, 3.8) is 0 Å². The summed E-state index contributed by atoms with van der Waals surface area (Å²) in [5.41, 5.74) is 3.68. The van der Waals surface area contributed by atoms with Gasteiger partial charge in [-0.1, -0.05) is 48.0 Å². The summed E-state index contributed by atoms with van der Waals surface area (Å²) in [5.74, 6) is -0.174. The van der Waals surface area contributed by atoms with Gasteiger partial charge in [0.1, 0.15) is 10.8 Å². The first-order chi connectivity index (χ1) is 13.3. The number of ether oxygens (including phenoxy) is 1. The largest absolute Gasteiger partial charge is 0.483 e. The molecule has 0 aliphatic rings. The Morgan fingerprint density at radius 1 is 1.11 bits per heavy atom. The summed E-state index contributed by atoms with van der Waals surface area (Å²) in [5, 5.41) is 1.79. The number of nitrogens with one attached hydrogen (secondary N) is 1. The molecule has 3 aromatic rings. The Labute approximate surface area is 168 Å². The third-order valence-electron chi connectivity index (χ3n) is 3.98. The van der Waals surface area contributed by atoms with Gasteiger partial charge in [-0.2, -0.15) is 8.42 Å². The lowest BCUT2D eigenvalue weighted by molar-refractivity contribution is -0.121. The summed E-state index contributed by atoms with van der Waals surface area (Å²) in [4.78, 5) is 16.3. The molecule has 28 heavy (non-hydrogen) atoms. The lowest BCUT2D eigenvalue weighted by Gasteiger charge is -2.13. The van der Waals surface area contributed by atoms with E-state index in [1.165, 1.54) is 16.7 Å². The van der Waals surface area contributed by atoms with Crippen LogP contribution in [-0.4, -0.2) is 25.9 Å². The van der Waals surface area contributed by atoms with Gasteiger partial charge in [-0.25, -0.2) is 9.71 Å². The van der Waals surface area contributed by atoms with Gasteiger partial charge >= 0.3 is 0 Å². The van der Waals surface area contributed by atoms with Crippen LogP contribution in [0.15, 0.2) is 52.9 Å². The number of hydrogen-bond acceptors (Lipinski definition) is 6. The van der Waals surface area contributed by atoms with Crippen LogP contribution in [0.2, 0.25) is 0 Å². The van der Waals surface area contributed by atoms with E-state index >= 15 is 0 Å². The lowest BCUT2D eigenvalue weighted by Crippen LogP contribution is -2.34. The Bertz CT molecular complexity index is 1080. The van der Waals surface area contributed by atoms with E-state index in [0.717, 1.165) is 22.3 Å². The monoisotopic (exact) mass is 416 g/mol. The van der Waals surface area contributed by atoms with Gasteiger partial charge in [0.25, 0.3) is 15.9 Å². The molecule has 3 rings (SSSR count). The molecule has 146 valence electrons. The normalized spacial score (nSPS) is 11.2. The van der Waals surface area contributed by atoms with Crippen LogP contribution in [0.4, 0.5) is 0 Å². The Morgan fingerprint density at radius 2 is 1.75 bits per heavy atom. The average molecular weight is 417 g/mol. The zero-order valence-corrected chi connectivity index (χ0v) is 17.4. The summed E-state index contributed by atoms with van der Waals surface area (Å²) >= 11 is 1.20. The topological polar surface area (TPSA) is 85.4 Å². The summed E-state index contributed by atoms with van der Waals surface area (Å²) < 4.78 is 32.4. The molecule has 1 aromatic heterocycles. The van der Waals surface area contributed by atoms with Crippen molar-refractivity contribution < 1.29 is 17.9 Å². The van der Waals surface area contributed by atoms with Gasteiger partial charge in [0.15, 0.2) is 11.6 Å². The number of sulfonamides is 1. The molecule has 0 aliphatic heterocycles. The average Bonchev–Trinajstić information content (AvgIpc) is 3.12. The molecule has 0 aliphatic carbocycles. The summed E-state index contributed by atoms with van der Waals surface area (Å²) in [6, 6.07) is 13.1. The van der Waals surface area contributed by atoms with Crippen molar-refractivity contribution in [2.24, 2.45) is 0 Å². The maximum Gasteiger partial charge on any atom is 0.282 e. The predicted octanol–water partition coefficient (Wildman–Crippen LogP) is 3.62. The highest BCUT2D eigenvalue weighted by Gasteiger charge is 2.22. The Hall–Kier alpha value is -2.71. The maximum absolute atomic E-state index is 12.4. The molecule has 1 heterocycles. The highest BCUT2D eigenvalue weighted by Crippen LogP contribution is 2.26. The number of amides is 1. The molecule has 6 nitrogen and oxygen atoms in total. The van der Waals surface area contributed by atoms with Crippen LogP contribution in [0.25, 0.3) is 10.6 Å². The lowest BCUT2D eigenvalue weighted by atomic mass is 10.1. The number of carbonyl (C=O) groups is 1. The molecule has 0 saturated heterocycles. The second kappa shape index (κ2) is 8.12. The molecular formula is C20H20N2O4S2. The van der Waals surface area contributed by atoms with Crippen LogP contribution in [-0.2, 0) is 14.8 Å². The molecule has 2 aromatic carbocycles. The van der Waals surface area contributed by atoms with Gasteiger partial charge in [0.2, 0.25) is 0 Å². The number of thiazole rings is 1. The Balaban J connectivity index is 1.68. The van der Waals surface area contributed by atoms with Crippen molar-refractivity contribution in [1.29, 1.82) is 0 Å². The minimum absolute atomic E-state index is 0.188. The molecule has 0 radical (unpaired) electrons. The highest BCUT2D eigenvalue weighted by atomic mass is 32.2. The van der Waals surface area contributed by atoms with Crippen LogP contribution >= 0.6 is 11.3 Å². The molecule has 0 bridgehead atoms. The molecular weight excluding hydrogens is 396 g/mol. The van der Waals surface area contributed by atoms with E-state index in [1.807, 2.05) is 68.0 Å². The fourth-order valence-corrected chi connectivity index (χ4v) is 4.93. The molecule has 0 fully saturated rings.